The second kappa shape index (κ2) is 3.71. The van der Waals surface area contributed by atoms with Gasteiger partial charge in [-0.2, -0.15) is 4.57 Å². The Balaban J connectivity index is 3.00. The van der Waals surface area contributed by atoms with Crippen molar-refractivity contribution in [1.29, 1.82) is 0 Å². The number of hydrogen-bond acceptors (Lipinski definition) is 0. The highest BCUT2D eigenvalue weighted by Crippen LogP contribution is 1.96. The van der Waals surface area contributed by atoms with Crippen LogP contribution in [0.1, 0.15) is 12.5 Å². The normalized spacial score (nSPS) is 10.3. The summed E-state index contributed by atoms with van der Waals surface area (Å²) in [6.45, 7) is 5.68. The van der Waals surface area contributed by atoms with Gasteiger partial charge in [-0.1, -0.05) is 12.2 Å². The van der Waals surface area contributed by atoms with Crippen LogP contribution in [-0.2, 0) is 0 Å². The largest absolute Gasteiger partial charge is 0.181 e. The molecule has 0 amide bonds. The highest BCUT2D eigenvalue weighted by molar-refractivity contribution is 5.46. The van der Waals surface area contributed by atoms with E-state index in [4.69, 9.17) is 0 Å². The van der Waals surface area contributed by atoms with Gasteiger partial charge < -0.3 is 0 Å². The first-order valence-electron chi connectivity index (χ1n) is 3.63. The standard InChI is InChI=1S/C10H12N/c1-3-6-10-7-5-8-11(4-2)9-10/h3-9H,2H2,1H3/q+1/b6-3-. The van der Waals surface area contributed by atoms with Crippen LogP contribution in [0.3, 0.4) is 0 Å². The van der Waals surface area contributed by atoms with Gasteiger partial charge in [0.05, 0.1) is 0 Å². The van der Waals surface area contributed by atoms with Gasteiger partial charge in [0, 0.05) is 11.6 Å². The van der Waals surface area contributed by atoms with Gasteiger partial charge in [0.25, 0.3) is 0 Å². The molecule has 0 N–H and O–H groups in total. The average Bonchev–Trinajstić information content (AvgIpc) is 2.06. The Kier molecular flexibility index (Phi) is 2.61. The van der Waals surface area contributed by atoms with Gasteiger partial charge in [-0.3, -0.25) is 0 Å². The molecule has 1 aromatic heterocycles. The monoisotopic (exact) mass is 146 g/mol. The summed E-state index contributed by atoms with van der Waals surface area (Å²) in [6, 6.07) is 4.05. The van der Waals surface area contributed by atoms with Crippen LogP contribution in [0, 0.1) is 0 Å². The molecule has 0 saturated heterocycles. The molecule has 1 nitrogen and oxygen atoms in total. The molecular weight excluding hydrogens is 134 g/mol. The number of rotatable bonds is 2. The van der Waals surface area contributed by atoms with Crippen LogP contribution < -0.4 is 4.57 Å². The van der Waals surface area contributed by atoms with Crippen molar-refractivity contribution in [2.75, 3.05) is 0 Å². The summed E-state index contributed by atoms with van der Waals surface area (Å²) < 4.78 is 1.93. The summed E-state index contributed by atoms with van der Waals surface area (Å²) in [5.41, 5.74) is 1.19. The summed E-state index contributed by atoms with van der Waals surface area (Å²) in [5.74, 6) is 0. The van der Waals surface area contributed by atoms with Gasteiger partial charge >= 0.3 is 0 Å². The van der Waals surface area contributed by atoms with E-state index in [0.717, 1.165) is 0 Å². The fraction of sp³-hybridized carbons (Fsp3) is 0.100. The molecule has 0 spiro atoms. The fourth-order valence-electron chi connectivity index (χ4n) is 0.916. The molecule has 56 valence electrons. The molecule has 1 heterocycles. The molecule has 0 atom stereocenters. The first kappa shape index (κ1) is 7.73. The van der Waals surface area contributed by atoms with E-state index in [1.54, 1.807) is 6.20 Å². The second-order valence-electron chi connectivity index (χ2n) is 2.27. The zero-order valence-electron chi connectivity index (χ0n) is 6.70. The third kappa shape index (κ3) is 2.04. The Morgan fingerprint density at radius 2 is 2.36 bits per heavy atom. The van der Waals surface area contributed by atoms with Crippen LogP contribution in [0.4, 0.5) is 0 Å². The lowest BCUT2D eigenvalue weighted by molar-refractivity contribution is -0.568. The van der Waals surface area contributed by atoms with Crippen molar-refractivity contribution >= 4 is 12.3 Å². The maximum atomic E-state index is 3.67. The van der Waals surface area contributed by atoms with Gasteiger partial charge in [-0.15, -0.1) is 0 Å². The zero-order valence-corrected chi connectivity index (χ0v) is 6.70. The molecule has 0 aliphatic heterocycles. The molecule has 0 fully saturated rings. The van der Waals surface area contributed by atoms with Gasteiger partial charge in [0.2, 0.25) is 0 Å². The molecule has 0 unspecified atom stereocenters. The first-order chi connectivity index (χ1) is 5.36. The van der Waals surface area contributed by atoms with Gasteiger partial charge in [-0.25, -0.2) is 0 Å². The number of allylic oxidation sites excluding steroid dienone is 1. The van der Waals surface area contributed by atoms with E-state index in [2.05, 4.69) is 18.7 Å². The first-order valence-corrected chi connectivity index (χ1v) is 3.63. The van der Waals surface area contributed by atoms with Crippen LogP contribution in [0.25, 0.3) is 12.3 Å². The van der Waals surface area contributed by atoms with E-state index < -0.39 is 0 Å². The van der Waals surface area contributed by atoms with Crippen molar-refractivity contribution in [3.05, 3.63) is 42.7 Å². The Labute approximate surface area is 67.3 Å². The van der Waals surface area contributed by atoms with E-state index in [9.17, 15) is 0 Å². The summed E-state index contributed by atoms with van der Waals surface area (Å²) >= 11 is 0. The smallest absolute Gasteiger partial charge is 0.174 e. The van der Waals surface area contributed by atoms with Crippen molar-refractivity contribution < 1.29 is 4.57 Å². The maximum absolute atomic E-state index is 3.67. The Bertz CT molecular complexity index is 274. The van der Waals surface area contributed by atoms with Crippen molar-refractivity contribution in [3.8, 4) is 0 Å². The van der Waals surface area contributed by atoms with E-state index in [-0.39, 0.29) is 0 Å². The molecule has 1 rings (SSSR count). The topological polar surface area (TPSA) is 3.88 Å². The predicted octanol–water partition coefficient (Wildman–Crippen LogP) is 2.11. The zero-order chi connectivity index (χ0) is 8.10. The van der Waals surface area contributed by atoms with E-state index >= 15 is 0 Å². The van der Waals surface area contributed by atoms with Crippen molar-refractivity contribution in [2.45, 2.75) is 6.92 Å². The molecule has 0 saturated carbocycles. The molecular formula is C10H12N+. The fourth-order valence-corrected chi connectivity index (χ4v) is 0.916. The lowest BCUT2D eigenvalue weighted by Gasteiger charge is -1.88. The van der Waals surface area contributed by atoms with Crippen LogP contribution >= 0.6 is 0 Å². The van der Waals surface area contributed by atoms with Crippen molar-refractivity contribution in [3.63, 3.8) is 0 Å². The Morgan fingerprint density at radius 3 is 3.00 bits per heavy atom. The summed E-state index contributed by atoms with van der Waals surface area (Å²) in [4.78, 5) is 0. The predicted molar refractivity (Wildman–Crippen MR) is 47.7 cm³/mol. The van der Waals surface area contributed by atoms with E-state index in [1.807, 2.05) is 36.0 Å². The van der Waals surface area contributed by atoms with Gasteiger partial charge in [-0.05, 0) is 19.6 Å². The van der Waals surface area contributed by atoms with Crippen LogP contribution in [0.2, 0.25) is 0 Å². The number of pyridine rings is 1. The number of nitrogens with zero attached hydrogens (tertiary/aromatic N) is 1. The summed E-state index contributed by atoms with van der Waals surface area (Å²) in [6.07, 6.45) is 9.82. The average molecular weight is 146 g/mol. The minimum absolute atomic E-state index is 1.19. The highest BCUT2D eigenvalue weighted by Gasteiger charge is 1.93. The second-order valence-corrected chi connectivity index (χ2v) is 2.27. The quantitative estimate of drug-likeness (QED) is 0.562. The molecule has 0 bridgehead atoms. The molecule has 11 heavy (non-hydrogen) atoms. The van der Waals surface area contributed by atoms with Crippen LogP contribution in [0.5, 0.6) is 0 Å². The van der Waals surface area contributed by atoms with Crippen molar-refractivity contribution in [1.82, 2.24) is 0 Å². The lowest BCUT2D eigenvalue weighted by atomic mass is 10.2. The SMILES string of the molecule is C=C[n+]1cccc(/C=C\C)c1. The highest BCUT2D eigenvalue weighted by atomic mass is 14.9. The molecule has 0 aliphatic rings. The number of hydrogen-bond donors (Lipinski definition) is 0. The van der Waals surface area contributed by atoms with Crippen LogP contribution in [-0.4, -0.2) is 0 Å². The molecule has 1 heteroatoms. The van der Waals surface area contributed by atoms with E-state index in [1.165, 1.54) is 5.56 Å². The molecule has 1 aromatic rings. The minimum Gasteiger partial charge on any atom is -0.174 e. The van der Waals surface area contributed by atoms with Gasteiger partial charge in [0.15, 0.2) is 18.6 Å². The Morgan fingerprint density at radius 1 is 1.55 bits per heavy atom. The third-order valence-corrected chi connectivity index (χ3v) is 1.41. The summed E-state index contributed by atoms with van der Waals surface area (Å²) in [7, 11) is 0. The van der Waals surface area contributed by atoms with Gasteiger partial charge in [0.1, 0.15) is 0 Å². The Hall–Kier alpha value is -1.37. The van der Waals surface area contributed by atoms with Crippen molar-refractivity contribution in [2.24, 2.45) is 0 Å². The minimum atomic E-state index is 1.19. The van der Waals surface area contributed by atoms with Crippen LogP contribution in [0.15, 0.2) is 37.2 Å². The van der Waals surface area contributed by atoms with E-state index in [0.29, 0.717) is 0 Å². The lowest BCUT2D eigenvalue weighted by Crippen LogP contribution is -2.23. The molecule has 0 radical (unpaired) electrons. The number of aromatic nitrogens is 1. The summed E-state index contributed by atoms with van der Waals surface area (Å²) in [5, 5.41) is 0. The third-order valence-electron chi connectivity index (χ3n) is 1.41. The maximum Gasteiger partial charge on any atom is 0.181 e. The molecule has 0 aromatic carbocycles. The molecule has 0 aliphatic carbocycles.